The molecule has 92 valence electrons. The summed E-state index contributed by atoms with van der Waals surface area (Å²) in [6.45, 7) is 2.62. The zero-order chi connectivity index (χ0) is 12.3. The molecule has 2 atom stereocenters. The van der Waals surface area contributed by atoms with Crippen LogP contribution in [-0.2, 0) is 0 Å². The first-order valence-corrected chi connectivity index (χ1v) is 7.54. The van der Waals surface area contributed by atoms with Gasteiger partial charge in [-0.3, -0.25) is 0 Å². The van der Waals surface area contributed by atoms with Crippen LogP contribution in [0.2, 0.25) is 4.34 Å². The minimum absolute atomic E-state index is 0.201. The van der Waals surface area contributed by atoms with Gasteiger partial charge in [0, 0.05) is 12.6 Å². The molecule has 2 nitrogen and oxygen atoms in total. The number of hydrogen-bond donors (Lipinski definition) is 2. The van der Waals surface area contributed by atoms with Crippen molar-refractivity contribution in [1.82, 2.24) is 5.32 Å². The lowest BCUT2D eigenvalue weighted by Gasteiger charge is -2.15. The van der Waals surface area contributed by atoms with Gasteiger partial charge >= 0.3 is 0 Å². The van der Waals surface area contributed by atoms with Crippen LogP contribution >= 0.6 is 34.3 Å². The first-order valence-electron chi connectivity index (χ1n) is 5.34. The van der Waals surface area contributed by atoms with Crippen molar-refractivity contribution in [3.8, 4) is 0 Å². The first-order chi connectivity index (χ1) is 8.16. The van der Waals surface area contributed by atoms with E-state index < -0.39 is 6.10 Å². The maximum Gasteiger partial charge on any atom is 0.0931 e. The predicted octanol–water partition coefficient (Wildman–Crippen LogP) is 3.85. The fourth-order valence-electron chi connectivity index (χ4n) is 1.54. The molecule has 0 aromatic carbocycles. The second kappa shape index (κ2) is 5.98. The molecular weight excluding hydrogens is 274 g/mol. The van der Waals surface area contributed by atoms with E-state index in [-0.39, 0.29) is 6.04 Å². The highest BCUT2D eigenvalue weighted by atomic mass is 35.5. The number of aliphatic hydroxyl groups excluding tert-OH is 1. The van der Waals surface area contributed by atoms with Gasteiger partial charge in [0.1, 0.15) is 0 Å². The van der Waals surface area contributed by atoms with Gasteiger partial charge in [0.05, 0.1) is 10.4 Å². The zero-order valence-corrected chi connectivity index (χ0v) is 11.8. The molecule has 5 heteroatoms. The molecule has 0 radical (unpaired) electrons. The summed E-state index contributed by atoms with van der Waals surface area (Å²) >= 11 is 9.02. The summed E-state index contributed by atoms with van der Waals surface area (Å²) in [7, 11) is 0. The van der Waals surface area contributed by atoms with Crippen LogP contribution in [0.25, 0.3) is 0 Å². The molecule has 2 unspecified atom stereocenters. The Kier molecular flexibility index (Phi) is 4.59. The minimum atomic E-state index is -0.446. The van der Waals surface area contributed by atoms with Crippen LogP contribution in [0.1, 0.15) is 30.2 Å². The highest BCUT2D eigenvalue weighted by Crippen LogP contribution is 2.25. The third-order valence-electron chi connectivity index (χ3n) is 2.63. The lowest BCUT2D eigenvalue weighted by Crippen LogP contribution is -2.24. The third kappa shape index (κ3) is 3.53. The van der Waals surface area contributed by atoms with Crippen molar-refractivity contribution < 1.29 is 5.11 Å². The van der Waals surface area contributed by atoms with Gasteiger partial charge in [-0.25, -0.2) is 0 Å². The molecule has 0 saturated carbocycles. The number of aliphatic hydroxyl groups is 1. The average Bonchev–Trinajstić information content (AvgIpc) is 2.95. The monoisotopic (exact) mass is 287 g/mol. The number of rotatable bonds is 5. The van der Waals surface area contributed by atoms with Crippen LogP contribution in [-0.4, -0.2) is 11.7 Å². The first kappa shape index (κ1) is 13.1. The SMILES string of the molecule is CC(NCC(O)c1ccsc1)c1csc(Cl)c1. The molecule has 0 aliphatic carbocycles. The smallest absolute Gasteiger partial charge is 0.0931 e. The molecule has 0 bridgehead atoms. The molecule has 2 rings (SSSR count). The summed E-state index contributed by atoms with van der Waals surface area (Å²) in [6.07, 6.45) is -0.446. The lowest BCUT2D eigenvalue weighted by atomic mass is 10.1. The van der Waals surface area contributed by atoms with Gasteiger partial charge in [-0.05, 0) is 46.3 Å². The van der Waals surface area contributed by atoms with Gasteiger partial charge in [0.2, 0.25) is 0 Å². The molecule has 0 aliphatic rings. The van der Waals surface area contributed by atoms with Gasteiger partial charge in [-0.2, -0.15) is 11.3 Å². The minimum Gasteiger partial charge on any atom is -0.387 e. The van der Waals surface area contributed by atoms with E-state index in [1.54, 1.807) is 11.3 Å². The third-order valence-corrected chi connectivity index (χ3v) is 4.44. The maximum absolute atomic E-state index is 9.93. The number of nitrogens with one attached hydrogen (secondary N) is 1. The Morgan fingerprint density at radius 1 is 1.41 bits per heavy atom. The van der Waals surface area contributed by atoms with Crippen LogP contribution in [0, 0.1) is 0 Å². The summed E-state index contributed by atoms with van der Waals surface area (Å²) in [6, 6.07) is 4.11. The highest BCUT2D eigenvalue weighted by Gasteiger charge is 2.11. The van der Waals surface area contributed by atoms with Gasteiger partial charge in [0.15, 0.2) is 0 Å². The van der Waals surface area contributed by atoms with Crippen molar-refractivity contribution in [3.05, 3.63) is 43.7 Å². The van der Waals surface area contributed by atoms with Crippen LogP contribution < -0.4 is 5.32 Å². The van der Waals surface area contributed by atoms with Gasteiger partial charge in [-0.15, -0.1) is 11.3 Å². The van der Waals surface area contributed by atoms with Gasteiger partial charge in [0.25, 0.3) is 0 Å². The molecule has 2 heterocycles. The van der Waals surface area contributed by atoms with Crippen LogP contribution in [0.3, 0.4) is 0 Å². The van der Waals surface area contributed by atoms with E-state index in [1.807, 2.05) is 28.3 Å². The van der Waals surface area contributed by atoms with E-state index in [9.17, 15) is 5.11 Å². The Hall–Kier alpha value is -0.390. The molecule has 0 spiro atoms. The van der Waals surface area contributed by atoms with Crippen molar-refractivity contribution in [2.24, 2.45) is 0 Å². The molecule has 0 saturated heterocycles. The second-order valence-corrected chi connectivity index (χ2v) is 6.21. The number of halogens is 1. The molecular formula is C12H14ClNOS2. The molecule has 17 heavy (non-hydrogen) atoms. The Balaban J connectivity index is 1.86. The molecule has 2 N–H and O–H groups in total. The molecule has 2 aromatic rings. The molecule has 0 fully saturated rings. The van der Waals surface area contributed by atoms with Gasteiger partial charge < -0.3 is 10.4 Å². The van der Waals surface area contributed by atoms with Crippen LogP contribution in [0.4, 0.5) is 0 Å². The summed E-state index contributed by atoms with van der Waals surface area (Å²) in [5.74, 6) is 0. The number of thiophene rings is 2. The van der Waals surface area contributed by atoms with E-state index in [2.05, 4.69) is 12.2 Å². The Labute approximate surface area is 114 Å². The molecule has 0 amide bonds. The normalized spacial score (nSPS) is 14.8. The van der Waals surface area contributed by atoms with Crippen LogP contribution in [0.15, 0.2) is 28.3 Å². The summed E-state index contributed by atoms with van der Waals surface area (Å²) < 4.78 is 0.798. The van der Waals surface area contributed by atoms with Crippen LogP contribution in [0.5, 0.6) is 0 Å². The quantitative estimate of drug-likeness (QED) is 0.875. The Morgan fingerprint density at radius 3 is 2.82 bits per heavy atom. The predicted molar refractivity (Wildman–Crippen MR) is 75.0 cm³/mol. The maximum atomic E-state index is 9.93. The Bertz CT molecular complexity index is 455. The second-order valence-electron chi connectivity index (χ2n) is 3.89. The highest BCUT2D eigenvalue weighted by molar-refractivity contribution is 7.14. The van der Waals surface area contributed by atoms with Crippen molar-refractivity contribution in [3.63, 3.8) is 0 Å². The number of hydrogen-bond acceptors (Lipinski definition) is 4. The van der Waals surface area contributed by atoms with E-state index in [1.165, 1.54) is 11.3 Å². The Morgan fingerprint density at radius 2 is 2.24 bits per heavy atom. The van der Waals surface area contributed by atoms with Crippen molar-refractivity contribution >= 4 is 34.3 Å². The van der Waals surface area contributed by atoms with Crippen molar-refractivity contribution in [2.45, 2.75) is 19.1 Å². The van der Waals surface area contributed by atoms with E-state index >= 15 is 0 Å². The largest absolute Gasteiger partial charge is 0.387 e. The summed E-state index contributed by atoms with van der Waals surface area (Å²) in [5.41, 5.74) is 2.13. The van der Waals surface area contributed by atoms with E-state index in [0.717, 1.165) is 15.5 Å². The topological polar surface area (TPSA) is 32.3 Å². The average molecular weight is 288 g/mol. The zero-order valence-electron chi connectivity index (χ0n) is 9.39. The summed E-state index contributed by atoms with van der Waals surface area (Å²) in [5, 5.41) is 19.2. The standard InChI is InChI=1S/C12H14ClNOS2/c1-8(10-4-12(13)17-7-10)14-5-11(15)9-2-3-16-6-9/h2-4,6-8,11,14-15H,5H2,1H3. The molecule has 0 aliphatic heterocycles. The van der Waals surface area contributed by atoms with E-state index in [4.69, 9.17) is 11.6 Å². The van der Waals surface area contributed by atoms with Crippen molar-refractivity contribution in [2.75, 3.05) is 6.54 Å². The van der Waals surface area contributed by atoms with E-state index in [0.29, 0.717) is 6.54 Å². The van der Waals surface area contributed by atoms with Gasteiger partial charge in [-0.1, -0.05) is 11.6 Å². The molecule has 2 aromatic heterocycles. The fourth-order valence-corrected chi connectivity index (χ4v) is 3.23. The fraction of sp³-hybridized carbons (Fsp3) is 0.333. The summed E-state index contributed by atoms with van der Waals surface area (Å²) in [4.78, 5) is 0. The lowest BCUT2D eigenvalue weighted by molar-refractivity contribution is 0.171. The van der Waals surface area contributed by atoms with Crippen molar-refractivity contribution in [1.29, 1.82) is 0 Å².